The van der Waals surface area contributed by atoms with Gasteiger partial charge in [0.25, 0.3) is 0 Å². The number of aliphatic hydroxyl groups excluding tert-OH is 1. The molecular formula is C13H16Cl2FNO3S. The smallest absolute Gasteiger partial charge is 0.244 e. The highest BCUT2D eigenvalue weighted by Gasteiger charge is 2.35. The summed E-state index contributed by atoms with van der Waals surface area (Å²) in [4.78, 5) is -0.341. The van der Waals surface area contributed by atoms with Crippen molar-refractivity contribution in [1.29, 1.82) is 0 Å². The van der Waals surface area contributed by atoms with Crippen molar-refractivity contribution in [3.63, 3.8) is 0 Å². The van der Waals surface area contributed by atoms with Crippen LogP contribution in [0.4, 0.5) is 4.39 Å². The third-order valence-corrected chi connectivity index (χ3v) is 6.52. The summed E-state index contributed by atoms with van der Waals surface area (Å²) in [6, 6.07) is 1.80. The second-order valence-corrected chi connectivity index (χ2v) is 7.86. The van der Waals surface area contributed by atoms with E-state index in [1.54, 1.807) is 0 Å². The van der Waals surface area contributed by atoms with Gasteiger partial charge in [-0.05, 0) is 25.0 Å². The summed E-state index contributed by atoms with van der Waals surface area (Å²) < 4.78 is 39.9. The molecule has 0 aromatic heterocycles. The number of rotatable bonds is 3. The molecular weight excluding hydrogens is 340 g/mol. The second-order valence-electron chi connectivity index (χ2n) is 5.11. The van der Waals surface area contributed by atoms with Gasteiger partial charge in [-0.3, -0.25) is 0 Å². The van der Waals surface area contributed by atoms with Crippen LogP contribution in [0.1, 0.15) is 25.7 Å². The van der Waals surface area contributed by atoms with E-state index in [2.05, 4.69) is 0 Å². The first-order valence-electron chi connectivity index (χ1n) is 6.56. The van der Waals surface area contributed by atoms with Crippen LogP contribution in [0, 0.1) is 5.82 Å². The van der Waals surface area contributed by atoms with Crippen LogP contribution in [-0.2, 0) is 10.0 Å². The van der Waals surface area contributed by atoms with Crippen molar-refractivity contribution in [2.75, 3.05) is 7.05 Å². The molecule has 0 spiro atoms. The predicted octanol–water partition coefficient (Wildman–Crippen LogP) is 3.06. The van der Waals surface area contributed by atoms with Gasteiger partial charge in [-0.2, -0.15) is 4.31 Å². The van der Waals surface area contributed by atoms with Gasteiger partial charge in [0.15, 0.2) is 5.82 Å². The minimum Gasteiger partial charge on any atom is -0.391 e. The van der Waals surface area contributed by atoms with Gasteiger partial charge in [-0.15, -0.1) is 0 Å². The molecule has 0 bridgehead atoms. The van der Waals surface area contributed by atoms with Crippen LogP contribution in [0.3, 0.4) is 0 Å². The largest absolute Gasteiger partial charge is 0.391 e. The zero-order valence-electron chi connectivity index (χ0n) is 11.4. The number of hydrogen-bond acceptors (Lipinski definition) is 3. The average Bonchev–Trinajstić information content (AvgIpc) is 2.44. The molecule has 2 unspecified atom stereocenters. The van der Waals surface area contributed by atoms with Gasteiger partial charge in [0.05, 0.1) is 22.2 Å². The number of aliphatic hydroxyl groups is 1. The molecule has 2 rings (SSSR count). The molecule has 0 saturated heterocycles. The Kier molecular flexibility index (Phi) is 5.15. The average molecular weight is 356 g/mol. The molecule has 21 heavy (non-hydrogen) atoms. The Morgan fingerprint density at radius 2 is 1.90 bits per heavy atom. The van der Waals surface area contributed by atoms with Crippen LogP contribution in [0.5, 0.6) is 0 Å². The lowest BCUT2D eigenvalue weighted by molar-refractivity contribution is 0.0638. The van der Waals surface area contributed by atoms with E-state index in [4.69, 9.17) is 23.2 Å². The summed E-state index contributed by atoms with van der Waals surface area (Å²) in [5, 5.41) is 9.22. The summed E-state index contributed by atoms with van der Waals surface area (Å²) in [5.74, 6) is -0.961. The standard InChI is InChI=1S/C13H16Cl2FNO3S/c1-17(9-4-2-3-5-10(9)18)21(19,20)11-7-6-8(14)13(16)12(11)15/h6-7,9-10,18H,2-5H2,1H3. The quantitative estimate of drug-likeness (QED) is 0.847. The second kappa shape index (κ2) is 6.38. The van der Waals surface area contributed by atoms with Crippen LogP contribution < -0.4 is 0 Å². The van der Waals surface area contributed by atoms with Crippen LogP contribution in [0.25, 0.3) is 0 Å². The van der Waals surface area contributed by atoms with E-state index in [0.29, 0.717) is 12.8 Å². The van der Waals surface area contributed by atoms with Gasteiger partial charge in [-0.1, -0.05) is 36.0 Å². The van der Waals surface area contributed by atoms with E-state index in [-0.39, 0.29) is 9.92 Å². The minimum atomic E-state index is -4.00. The molecule has 2 atom stereocenters. The zero-order valence-corrected chi connectivity index (χ0v) is 13.7. The Morgan fingerprint density at radius 3 is 2.52 bits per heavy atom. The van der Waals surface area contributed by atoms with Gasteiger partial charge in [0, 0.05) is 7.05 Å². The van der Waals surface area contributed by atoms with Crippen molar-refractivity contribution in [1.82, 2.24) is 4.31 Å². The van der Waals surface area contributed by atoms with E-state index in [9.17, 15) is 17.9 Å². The summed E-state index contributed by atoms with van der Waals surface area (Å²) >= 11 is 11.4. The molecule has 8 heteroatoms. The van der Waals surface area contributed by atoms with E-state index in [1.807, 2.05) is 0 Å². The van der Waals surface area contributed by atoms with Gasteiger partial charge in [0.2, 0.25) is 10.0 Å². The molecule has 1 N–H and O–H groups in total. The van der Waals surface area contributed by atoms with E-state index < -0.39 is 33.0 Å². The SMILES string of the molecule is CN(C1CCCCC1O)S(=O)(=O)c1ccc(Cl)c(F)c1Cl. The third-order valence-electron chi connectivity index (χ3n) is 3.82. The summed E-state index contributed by atoms with van der Waals surface area (Å²) in [5.41, 5.74) is 0. The maximum atomic E-state index is 13.7. The van der Waals surface area contributed by atoms with E-state index >= 15 is 0 Å². The van der Waals surface area contributed by atoms with Gasteiger partial charge in [0.1, 0.15) is 4.90 Å². The maximum Gasteiger partial charge on any atom is 0.244 e. The lowest BCUT2D eigenvalue weighted by Crippen LogP contribution is -2.46. The molecule has 1 aliphatic rings. The van der Waals surface area contributed by atoms with Crippen LogP contribution >= 0.6 is 23.2 Å². The lowest BCUT2D eigenvalue weighted by Gasteiger charge is -2.34. The molecule has 0 radical (unpaired) electrons. The van der Waals surface area contributed by atoms with Crippen molar-refractivity contribution < 1.29 is 17.9 Å². The monoisotopic (exact) mass is 355 g/mol. The van der Waals surface area contributed by atoms with Crippen molar-refractivity contribution in [3.05, 3.63) is 28.0 Å². The Balaban J connectivity index is 2.40. The zero-order chi connectivity index (χ0) is 15.8. The first-order chi connectivity index (χ1) is 9.76. The Morgan fingerprint density at radius 1 is 1.29 bits per heavy atom. The van der Waals surface area contributed by atoms with Gasteiger partial charge < -0.3 is 5.11 Å². The first-order valence-corrected chi connectivity index (χ1v) is 8.76. The normalized spacial score (nSPS) is 23.5. The van der Waals surface area contributed by atoms with Crippen molar-refractivity contribution in [3.8, 4) is 0 Å². The maximum absolute atomic E-state index is 13.7. The Bertz CT molecular complexity index is 639. The van der Waals surface area contributed by atoms with Crippen LogP contribution in [0.15, 0.2) is 17.0 Å². The third kappa shape index (κ3) is 3.19. The first kappa shape index (κ1) is 17.0. The molecule has 118 valence electrons. The predicted molar refractivity (Wildman–Crippen MR) is 79.6 cm³/mol. The molecule has 0 heterocycles. The molecule has 1 aromatic carbocycles. The highest BCUT2D eigenvalue weighted by molar-refractivity contribution is 7.89. The fraction of sp³-hybridized carbons (Fsp3) is 0.538. The van der Waals surface area contributed by atoms with Crippen LogP contribution in [0.2, 0.25) is 10.0 Å². The molecule has 1 saturated carbocycles. The highest BCUT2D eigenvalue weighted by atomic mass is 35.5. The number of hydrogen-bond donors (Lipinski definition) is 1. The van der Waals surface area contributed by atoms with Crippen molar-refractivity contribution >= 4 is 33.2 Å². The molecule has 0 amide bonds. The Labute approximate surface area is 133 Å². The fourth-order valence-corrected chi connectivity index (χ4v) is 4.69. The molecule has 4 nitrogen and oxygen atoms in total. The summed E-state index contributed by atoms with van der Waals surface area (Å²) in [6.45, 7) is 0. The lowest BCUT2D eigenvalue weighted by atomic mass is 9.93. The van der Waals surface area contributed by atoms with Crippen molar-refractivity contribution in [2.24, 2.45) is 0 Å². The number of sulfonamides is 1. The number of likely N-dealkylation sites (N-methyl/N-ethyl adjacent to an activating group) is 1. The topological polar surface area (TPSA) is 57.6 Å². The summed E-state index contributed by atoms with van der Waals surface area (Å²) in [7, 11) is -2.63. The van der Waals surface area contributed by atoms with Crippen LogP contribution in [-0.4, -0.2) is 37.0 Å². The highest BCUT2D eigenvalue weighted by Crippen LogP contribution is 2.33. The number of halogens is 3. The molecule has 1 aromatic rings. The minimum absolute atomic E-state index is 0.237. The van der Waals surface area contributed by atoms with Gasteiger partial charge in [-0.25, -0.2) is 12.8 Å². The van der Waals surface area contributed by atoms with E-state index in [0.717, 1.165) is 23.2 Å². The fourth-order valence-electron chi connectivity index (χ4n) is 2.56. The summed E-state index contributed by atoms with van der Waals surface area (Å²) in [6.07, 6.45) is 2.08. The molecule has 1 aliphatic carbocycles. The molecule has 0 aliphatic heterocycles. The van der Waals surface area contributed by atoms with Crippen molar-refractivity contribution in [2.45, 2.75) is 42.7 Å². The number of nitrogens with zero attached hydrogens (tertiary/aromatic N) is 1. The Hall–Kier alpha value is -0.400. The van der Waals surface area contributed by atoms with Gasteiger partial charge >= 0.3 is 0 Å². The number of benzene rings is 1. The molecule has 1 fully saturated rings. The van der Waals surface area contributed by atoms with E-state index in [1.165, 1.54) is 13.1 Å².